The van der Waals surface area contributed by atoms with Gasteiger partial charge in [0.2, 0.25) is 11.6 Å². The van der Waals surface area contributed by atoms with Crippen LogP contribution in [0.15, 0.2) is 12.1 Å². The molecule has 0 atom stereocenters. The first-order valence-corrected chi connectivity index (χ1v) is 3.97. The second-order valence-electron chi connectivity index (χ2n) is 3.13. The van der Waals surface area contributed by atoms with Crippen molar-refractivity contribution < 1.29 is 14.0 Å². The van der Waals surface area contributed by atoms with E-state index < -0.39 is 11.6 Å². The molecule has 3 heteroatoms. The molecule has 1 aliphatic rings. The Morgan fingerprint density at radius 3 is 2.69 bits per heavy atom. The highest BCUT2D eigenvalue weighted by Gasteiger charge is 2.29. The zero-order valence-electron chi connectivity index (χ0n) is 7.06. The number of hydrogen-bond acceptors (Lipinski definition) is 2. The Morgan fingerprint density at radius 2 is 2.00 bits per heavy atom. The minimum Gasteiger partial charge on any atom is -0.290 e. The molecule has 66 valence electrons. The number of Topliss-reactive ketones (excluding diaryl/α,β-unsaturated/α-hetero) is 2. The third-order valence-corrected chi connectivity index (χ3v) is 2.37. The summed E-state index contributed by atoms with van der Waals surface area (Å²) >= 11 is 0. The molecule has 1 aromatic rings. The second kappa shape index (κ2) is 2.49. The first-order valence-electron chi connectivity index (χ1n) is 3.97. The van der Waals surface area contributed by atoms with E-state index in [1.54, 1.807) is 6.92 Å². The van der Waals surface area contributed by atoms with Gasteiger partial charge >= 0.3 is 0 Å². The number of ketones is 2. The molecule has 1 aromatic carbocycles. The van der Waals surface area contributed by atoms with Crippen molar-refractivity contribution >= 4 is 11.6 Å². The summed E-state index contributed by atoms with van der Waals surface area (Å²) in [5, 5.41) is 0. The molecule has 0 heterocycles. The van der Waals surface area contributed by atoms with Crippen LogP contribution in [0.3, 0.4) is 0 Å². The predicted molar refractivity (Wildman–Crippen MR) is 44.2 cm³/mol. The van der Waals surface area contributed by atoms with Gasteiger partial charge in [0.25, 0.3) is 0 Å². The van der Waals surface area contributed by atoms with Gasteiger partial charge in [-0.15, -0.1) is 0 Å². The smallest absolute Gasteiger partial charge is 0.229 e. The summed E-state index contributed by atoms with van der Waals surface area (Å²) in [6, 6.07) is 2.61. The van der Waals surface area contributed by atoms with Gasteiger partial charge in [0.1, 0.15) is 5.82 Å². The Hall–Kier alpha value is -1.51. The van der Waals surface area contributed by atoms with Crippen LogP contribution >= 0.6 is 0 Å². The second-order valence-corrected chi connectivity index (χ2v) is 3.13. The topological polar surface area (TPSA) is 34.1 Å². The Bertz CT molecular complexity index is 421. The summed E-state index contributed by atoms with van der Waals surface area (Å²) < 4.78 is 13.0. The van der Waals surface area contributed by atoms with E-state index in [0.29, 0.717) is 16.7 Å². The van der Waals surface area contributed by atoms with Crippen molar-refractivity contribution in [2.45, 2.75) is 13.3 Å². The summed E-state index contributed by atoms with van der Waals surface area (Å²) in [6.45, 7) is 1.58. The number of halogens is 1. The molecule has 0 aliphatic heterocycles. The largest absolute Gasteiger partial charge is 0.290 e. The lowest BCUT2D eigenvalue weighted by atomic mass is 10.0. The molecular formula is C10H7FO2. The molecule has 2 nitrogen and oxygen atoms in total. The van der Waals surface area contributed by atoms with Crippen molar-refractivity contribution in [2.24, 2.45) is 0 Å². The van der Waals surface area contributed by atoms with Crippen LogP contribution in [0.2, 0.25) is 0 Å². The van der Waals surface area contributed by atoms with E-state index in [9.17, 15) is 14.0 Å². The van der Waals surface area contributed by atoms with Crippen LogP contribution in [-0.4, -0.2) is 11.6 Å². The molecule has 0 unspecified atom stereocenters. The van der Waals surface area contributed by atoms with E-state index in [1.165, 1.54) is 12.1 Å². The van der Waals surface area contributed by atoms with Crippen LogP contribution in [0.1, 0.15) is 21.5 Å². The third-order valence-electron chi connectivity index (χ3n) is 2.37. The minimum atomic E-state index is -0.488. The van der Waals surface area contributed by atoms with Crippen molar-refractivity contribution in [3.63, 3.8) is 0 Å². The Morgan fingerprint density at radius 1 is 1.31 bits per heavy atom. The van der Waals surface area contributed by atoms with Gasteiger partial charge in [-0.1, -0.05) is 0 Å². The molecule has 0 amide bonds. The quantitative estimate of drug-likeness (QED) is 0.563. The molecule has 0 spiro atoms. The van der Waals surface area contributed by atoms with Gasteiger partial charge in [-0.05, 0) is 30.2 Å². The monoisotopic (exact) mass is 178 g/mol. The maximum absolute atomic E-state index is 13.0. The van der Waals surface area contributed by atoms with Crippen molar-refractivity contribution in [3.8, 4) is 0 Å². The SMILES string of the molecule is Cc1c(F)ccc2c1CC(=O)C2=O. The number of hydrogen-bond donors (Lipinski definition) is 0. The predicted octanol–water partition coefficient (Wildman–Crippen LogP) is 1.44. The molecular weight excluding hydrogens is 171 g/mol. The highest BCUT2D eigenvalue weighted by molar-refractivity contribution is 6.47. The van der Waals surface area contributed by atoms with Gasteiger partial charge in [-0.2, -0.15) is 0 Å². The Kier molecular flexibility index (Phi) is 1.55. The zero-order valence-corrected chi connectivity index (χ0v) is 7.06. The Labute approximate surface area is 74.4 Å². The number of rotatable bonds is 0. The van der Waals surface area contributed by atoms with Crippen LogP contribution in [0.4, 0.5) is 4.39 Å². The third kappa shape index (κ3) is 1.00. The van der Waals surface area contributed by atoms with E-state index >= 15 is 0 Å². The molecule has 0 saturated carbocycles. The number of carbonyl (C=O) groups excluding carboxylic acids is 2. The summed E-state index contributed by atoms with van der Waals surface area (Å²) in [4.78, 5) is 22.2. The maximum Gasteiger partial charge on any atom is 0.229 e. The number of fused-ring (bicyclic) bond motifs is 1. The fourth-order valence-corrected chi connectivity index (χ4v) is 1.56. The molecule has 0 aromatic heterocycles. The zero-order chi connectivity index (χ0) is 9.59. The van der Waals surface area contributed by atoms with Gasteiger partial charge in [0.15, 0.2) is 0 Å². The van der Waals surface area contributed by atoms with E-state index in [-0.39, 0.29) is 12.2 Å². The molecule has 0 bridgehead atoms. The van der Waals surface area contributed by atoms with Crippen LogP contribution in [0.5, 0.6) is 0 Å². The molecule has 1 aliphatic carbocycles. The highest BCUT2D eigenvalue weighted by atomic mass is 19.1. The average molecular weight is 178 g/mol. The van der Waals surface area contributed by atoms with E-state index in [4.69, 9.17) is 0 Å². The molecule has 13 heavy (non-hydrogen) atoms. The number of benzene rings is 1. The Balaban J connectivity index is 2.70. The summed E-state index contributed by atoms with van der Waals surface area (Å²) in [7, 11) is 0. The lowest BCUT2D eigenvalue weighted by molar-refractivity contribution is -0.114. The molecule has 0 saturated heterocycles. The minimum absolute atomic E-state index is 0.0533. The van der Waals surface area contributed by atoms with Crippen molar-refractivity contribution in [3.05, 3.63) is 34.6 Å². The fourth-order valence-electron chi connectivity index (χ4n) is 1.56. The molecule has 0 N–H and O–H groups in total. The van der Waals surface area contributed by atoms with Gasteiger partial charge < -0.3 is 0 Å². The van der Waals surface area contributed by atoms with Crippen LogP contribution in [0.25, 0.3) is 0 Å². The first-order chi connectivity index (χ1) is 6.11. The van der Waals surface area contributed by atoms with E-state index in [1.807, 2.05) is 0 Å². The maximum atomic E-state index is 13.0. The number of carbonyl (C=O) groups is 2. The standard InChI is InChI=1S/C10H7FO2/c1-5-7-4-9(12)10(13)6(7)2-3-8(5)11/h2-3H,4H2,1H3. The van der Waals surface area contributed by atoms with Crippen LogP contribution in [-0.2, 0) is 11.2 Å². The van der Waals surface area contributed by atoms with E-state index in [2.05, 4.69) is 0 Å². The summed E-state index contributed by atoms with van der Waals surface area (Å²) in [5.41, 5.74) is 1.33. The normalized spacial score (nSPS) is 14.9. The highest BCUT2D eigenvalue weighted by Crippen LogP contribution is 2.24. The van der Waals surface area contributed by atoms with Crippen molar-refractivity contribution in [2.75, 3.05) is 0 Å². The molecule has 0 fully saturated rings. The lowest BCUT2D eigenvalue weighted by Gasteiger charge is -2.01. The van der Waals surface area contributed by atoms with Crippen molar-refractivity contribution in [1.82, 2.24) is 0 Å². The lowest BCUT2D eigenvalue weighted by Crippen LogP contribution is -2.05. The average Bonchev–Trinajstić information content (AvgIpc) is 2.38. The summed E-state index contributed by atoms with van der Waals surface area (Å²) in [5.74, 6) is -1.29. The van der Waals surface area contributed by atoms with E-state index in [0.717, 1.165) is 0 Å². The summed E-state index contributed by atoms with van der Waals surface area (Å²) in [6.07, 6.45) is 0.0533. The van der Waals surface area contributed by atoms with Crippen LogP contribution < -0.4 is 0 Å². The van der Waals surface area contributed by atoms with Gasteiger partial charge in [0.05, 0.1) is 0 Å². The molecule has 2 rings (SSSR count). The molecule has 0 radical (unpaired) electrons. The van der Waals surface area contributed by atoms with Crippen molar-refractivity contribution in [1.29, 1.82) is 0 Å². The van der Waals surface area contributed by atoms with Gasteiger partial charge in [0, 0.05) is 12.0 Å². The van der Waals surface area contributed by atoms with Gasteiger partial charge in [-0.3, -0.25) is 9.59 Å². The van der Waals surface area contributed by atoms with Crippen LogP contribution in [0, 0.1) is 12.7 Å². The van der Waals surface area contributed by atoms with Gasteiger partial charge in [-0.25, -0.2) is 4.39 Å². The fraction of sp³-hybridized carbons (Fsp3) is 0.200. The first kappa shape index (κ1) is 8.10.